The van der Waals surface area contributed by atoms with Crippen LogP contribution in [0.4, 0.5) is 0 Å². The monoisotopic (exact) mass is 158 g/mol. The van der Waals surface area contributed by atoms with Gasteiger partial charge in [-0.2, -0.15) is 0 Å². The van der Waals surface area contributed by atoms with Gasteiger partial charge in [-0.05, 0) is 7.05 Å². The Morgan fingerprint density at radius 3 is 3.09 bits per heavy atom. The van der Waals surface area contributed by atoms with E-state index in [1.807, 2.05) is 7.05 Å². The molecule has 1 saturated heterocycles. The van der Waals surface area contributed by atoms with E-state index in [2.05, 4.69) is 10.2 Å². The summed E-state index contributed by atoms with van der Waals surface area (Å²) in [5.74, 6) is -0.724. The summed E-state index contributed by atoms with van der Waals surface area (Å²) in [4.78, 5) is 12.5. The molecule has 0 bridgehead atoms. The van der Waals surface area contributed by atoms with Crippen LogP contribution in [-0.2, 0) is 4.79 Å². The molecule has 64 valence electrons. The highest BCUT2D eigenvalue weighted by Gasteiger charge is 2.18. The molecule has 1 fully saturated rings. The second-order valence-electron chi connectivity index (χ2n) is 3.01. The van der Waals surface area contributed by atoms with Gasteiger partial charge in [0.25, 0.3) is 0 Å². The summed E-state index contributed by atoms with van der Waals surface area (Å²) in [6.07, 6.45) is 0.227. The fourth-order valence-corrected chi connectivity index (χ4v) is 1.34. The molecule has 4 nitrogen and oxygen atoms in total. The fourth-order valence-electron chi connectivity index (χ4n) is 1.34. The summed E-state index contributed by atoms with van der Waals surface area (Å²) in [6, 6.07) is 0.131. The summed E-state index contributed by atoms with van der Waals surface area (Å²) < 4.78 is 0. The predicted molar refractivity (Wildman–Crippen MR) is 41.5 cm³/mol. The number of nitrogens with one attached hydrogen (secondary N) is 1. The minimum atomic E-state index is -0.724. The molecule has 1 aliphatic rings. The van der Waals surface area contributed by atoms with Gasteiger partial charge in [-0.25, -0.2) is 0 Å². The van der Waals surface area contributed by atoms with Crippen molar-refractivity contribution in [1.29, 1.82) is 0 Å². The minimum absolute atomic E-state index is 0.131. The number of piperazine rings is 1. The van der Waals surface area contributed by atoms with Crippen molar-refractivity contribution in [2.24, 2.45) is 0 Å². The van der Waals surface area contributed by atoms with E-state index in [-0.39, 0.29) is 12.5 Å². The van der Waals surface area contributed by atoms with E-state index in [4.69, 9.17) is 5.11 Å². The molecule has 1 heterocycles. The van der Waals surface area contributed by atoms with E-state index in [1.165, 1.54) is 0 Å². The second kappa shape index (κ2) is 3.69. The van der Waals surface area contributed by atoms with Crippen LogP contribution in [0.2, 0.25) is 0 Å². The van der Waals surface area contributed by atoms with Crippen molar-refractivity contribution < 1.29 is 9.90 Å². The van der Waals surface area contributed by atoms with Crippen LogP contribution in [0, 0.1) is 0 Å². The largest absolute Gasteiger partial charge is 0.481 e. The Labute approximate surface area is 66.2 Å². The quantitative estimate of drug-likeness (QED) is 0.561. The third kappa shape index (κ3) is 2.86. The van der Waals surface area contributed by atoms with Crippen LogP contribution in [0.1, 0.15) is 6.42 Å². The molecule has 0 amide bonds. The van der Waals surface area contributed by atoms with Gasteiger partial charge < -0.3 is 15.3 Å². The Balaban J connectivity index is 2.28. The van der Waals surface area contributed by atoms with E-state index in [1.54, 1.807) is 0 Å². The molecule has 0 saturated carbocycles. The maximum absolute atomic E-state index is 10.3. The van der Waals surface area contributed by atoms with Gasteiger partial charge in [0.2, 0.25) is 0 Å². The van der Waals surface area contributed by atoms with Gasteiger partial charge in [-0.3, -0.25) is 4.79 Å². The third-order valence-corrected chi connectivity index (χ3v) is 1.88. The molecule has 4 heteroatoms. The molecule has 1 rings (SSSR count). The average Bonchev–Trinajstić information content (AvgIpc) is 1.85. The van der Waals surface area contributed by atoms with Crippen molar-refractivity contribution in [2.45, 2.75) is 12.5 Å². The van der Waals surface area contributed by atoms with Crippen molar-refractivity contribution in [3.8, 4) is 0 Å². The molecule has 0 aromatic heterocycles. The highest BCUT2D eigenvalue weighted by Crippen LogP contribution is 1.99. The Hall–Kier alpha value is -0.610. The molecule has 1 aliphatic heterocycles. The third-order valence-electron chi connectivity index (χ3n) is 1.88. The molecule has 1 atom stereocenters. The van der Waals surface area contributed by atoms with Gasteiger partial charge in [0.05, 0.1) is 6.42 Å². The van der Waals surface area contributed by atoms with Crippen molar-refractivity contribution >= 4 is 5.97 Å². The van der Waals surface area contributed by atoms with Crippen molar-refractivity contribution in [3.05, 3.63) is 0 Å². The maximum atomic E-state index is 10.3. The number of aliphatic carboxylic acids is 1. The molecule has 0 aromatic carbocycles. The summed E-state index contributed by atoms with van der Waals surface area (Å²) in [6.45, 7) is 2.75. The highest BCUT2D eigenvalue weighted by atomic mass is 16.4. The van der Waals surface area contributed by atoms with E-state index in [0.29, 0.717) is 0 Å². The summed E-state index contributed by atoms with van der Waals surface area (Å²) >= 11 is 0. The van der Waals surface area contributed by atoms with Gasteiger partial charge in [0, 0.05) is 25.7 Å². The first-order chi connectivity index (χ1) is 5.18. The van der Waals surface area contributed by atoms with Crippen molar-refractivity contribution in [1.82, 2.24) is 10.2 Å². The van der Waals surface area contributed by atoms with Crippen LogP contribution in [0.5, 0.6) is 0 Å². The number of likely N-dealkylation sites (N-methyl/N-ethyl adjacent to an activating group) is 1. The molecule has 2 N–H and O–H groups in total. The topological polar surface area (TPSA) is 52.6 Å². The number of hydrogen-bond acceptors (Lipinski definition) is 3. The Morgan fingerprint density at radius 1 is 1.82 bits per heavy atom. The lowest BCUT2D eigenvalue weighted by Crippen LogP contribution is -2.49. The van der Waals surface area contributed by atoms with Crippen molar-refractivity contribution in [2.75, 3.05) is 26.7 Å². The summed E-state index contributed by atoms with van der Waals surface area (Å²) in [5.41, 5.74) is 0. The normalized spacial score (nSPS) is 26.8. The van der Waals surface area contributed by atoms with E-state index >= 15 is 0 Å². The molecule has 0 aromatic rings. The molecule has 0 radical (unpaired) electrons. The first kappa shape index (κ1) is 8.49. The minimum Gasteiger partial charge on any atom is -0.481 e. The van der Waals surface area contributed by atoms with Crippen molar-refractivity contribution in [3.63, 3.8) is 0 Å². The molecule has 0 aliphatic carbocycles. The molecule has 0 spiro atoms. The van der Waals surface area contributed by atoms with E-state index in [9.17, 15) is 4.79 Å². The fraction of sp³-hybridized carbons (Fsp3) is 0.857. The zero-order chi connectivity index (χ0) is 8.27. The number of carboxylic acids is 1. The van der Waals surface area contributed by atoms with E-state index in [0.717, 1.165) is 19.6 Å². The van der Waals surface area contributed by atoms with Crippen LogP contribution in [-0.4, -0.2) is 48.7 Å². The standard InChI is InChI=1S/C7H14N2O2/c1-9-3-2-8-6(5-9)4-7(10)11/h6,8H,2-5H2,1H3,(H,10,11). The van der Waals surface area contributed by atoms with E-state index < -0.39 is 5.97 Å². The zero-order valence-corrected chi connectivity index (χ0v) is 6.71. The second-order valence-corrected chi connectivity index (χ2v) is 3.01. The summed E-state index contributed by atoms with van der Waals surface area (Å²) in [7, 11) is 2.01. The number of nitrogens with zero attached hydrogens (tertiary/aromatic N) is 1. The van der Waals surface area contributed by atoms with Gasteiger partial charge in [0.15, 0.2) is 0 Å². The first-order valence-corrected chi connectivity index (χ1v) is 3.82. The number of hydrogen-bond donors (Lipinski definition) is 2. The summed E-state index contributed by atoms with van der Waals surface area (Å²) in [5, 5.41) is 11.7. The Morgan fingerprint density at radius 2 is 2.55 bits per heavy atom. The van der Waals surface area contributed by atoms with Crippen LogP contribution < -0.4 is 5.32 Å². The molecular formula is C7H14N2O2. The first-order valence-electron chi connectivity index (χ1n) is 3.82. The smallest absolute Gasteiger partial charge is 0.304 e. The molecular weight excluding hydrogens is 144 g/mol. The number of rotatable bonds is 2. The molecule has 1 unspecified atom stereocenters. The lowest BCUT2D eigenvalue weighted by molar-refractivity contribution is -0.137. The Kier molecular flexibility index (Phi) is 2.84. The SMILES string of the molecule is CN1CCNC(CC(=O)O)C1. The zero-order valence-electron chi connectivity index (χ0n) is 6.71. The maximum Gasteiger partial charge on any atom is 0.304 e. The average molecular weight is 158 g/mol. The number of carboxylic acid groups (broad SMARTS) is 1. The predicted octanol–water partition coefficient (Wildman–Crippen LogP) is -0.635. The van der Waals surface area contributed by atoms with Crippen LogP contribution in [0.3, 0.4) is 0 Å². The Bertz CT molecular complexity index is 149. The highest BCUT2D eigenvalue weighted by molar-refractivity contribution is 5.67. The van der Waals surface area contributed by atoms with Gasteiger partial charge >= 0.3 is 5.97 Å². The van der Waals surface area contributed by atoms with Crippen LogP contribution in [0.15, 0.2) is 0 Å². The van der Waals surface area contributed by atoms with Crippen LogP contribution >= 0.6 is 0 Å². The van der Waals surface area contributed by atoms with Gasteiger partial charge in [-0.1, -0.05) is 0 Å². The van der Waals surface area contributed by atoms with Gasteiger partial charge in [-0.15, -0.1) is 0 Å². The van der Waals surface area contributed by atoms with Crippen LogP contribution in [0.25, 0.3) is 0 Å². The van der Waals surface area contributed by atoms with Gasteiger partial charge in [0.1, 0.15) is 0 Å². The lowest BCUT2D eigenvalue weighted by Gasteiger charge is -2.29. The molecule has 11 heavy (non-hydrogen) atoms. The number of carbonyl (C=O) groups is 1. The lowest BCUT2D eigenvalue weighted by atomic mass is 10.1.